The van der Waals surface area contributed by atoms with E-state index < -0.39 is 18.0 Å². The number of rotatable bonds is 6. The molecule has 3 rings (SSSR count). The number of allylic oxidation sites excluding steroid dienone is 1. The summed E-state index contributed by atoms with van der Waals surface area (Å²) in [6, 6.07) is 11.8. The molecule has 0 aromatic heterocycles. The Balaban J connectivity index is 1.94. The Morgan fingerprint density at radius 2 is 1.86 bits per heavy atom. The first kappa shape index (κ1) is 20.7. The van der Waals surface area contributed by atoms with Gasteiger partial charge in [0.25, 0.3) is 0 Å². The first-order valence-corrected chi connectivity index (χ1v) is 9.64. The summed E-state index contributed by atoms with van der Waals surface area (Å²) in [5, 5.41) is 5.42. The predicted molar refractivity (Wildman–Crippen MR) is 111 cm³/mol. The second kappa shape index (κ2) is 9.00. The molecule has 1 heterocycles. The van der Waals surface area contributed by atoms with E-state index in [1.54, 1.807) is 19.1 Å². The molecule has 0 radical (unpaired) electrons. The Bertz CT molecular complexity index is 959. The number of benzene rings is 2. The number of hydrogen-bond acceptors (Lipinski definition) is 5. The number of esters is 1. The minimum Gasteiger partial charge on any atom is -0.493 e. The van der Waals surface area contributed by atoms with E-state index in [4.69, 9.17) is 14.2 Å². The van der Waals surface area contributed by atoms with Gasteiger partial charge in [-0.15, -0.1) is 0 Å². The molecular weight excluding hydrogens is 440 g/mol. The normalized spacial score (nSPS) is 16.0. The van der Waals surface area contributed by atoms with Crippen molar-refractivity contribution in [2.45, 2.75) is 19.6 Å². The van der Waals surface area contributed by atoms with Gasteiger partial charge in [-0.05, 0) is 46.1 Å². The summed E-state index contributed by atoms with van der Waals surface area (Å²) in [6.07, 6.45) is 0. The van der Waals surface area contributed by atoms with E-state index in [1.165, 1.54) is 14.2 Å². The van der Waals surface area contributed by atoms with Crippen LogP contribution in [0.15, 0.2) is 58.2 Å². The van der Waals surface area contributed by atoms with Crippen LogP contribution in [0, 0.1) is 0 Å². The highest BCUT2D eigenvalue weighted by atomic mass is 79.9. The molecule has 2 amide bonds. The van der Waals surface area contributed by atoms with Gasteiger partial charge in [-0.2, -0.15) is 0 Å². The summed E-state index contributed by atoms with van der Waals surface area (Å²) in [5.41, 5.74) is 2.27. The van der Waals surface area contributed by atoms with Crippen molar-refractivity contribution >= 4 is 27.9 Å². The number of methoxy groups -OCH3 is 2. The number of amides is 2. The van der Waals surface area contributed by atoms with E-state index in [0.717, 1.165) is 5.56 Å². The van der Waals surface area contributed by atoms with Crippen molar-refractivity contribution in [1.82, 2.24) is 10.6 Å². The van der Waals surface area contributed by atoms with Crippen LogP contribution < -0.4 is 20.1 Å². The maximum atomic E-state index is 12.9. The fourth-order valence-electron chi connectivity index (χ4n) is 3.12. The van der Waals surface area contributed by atoms with Gasteiger partial charge in [0.2, 0.25) is 0 Å². The van der Waals surface area contributed by atoms with Gasteiger partial charge in [-0.25, -0.2) is 9.59 Å². The third kappa shape index (κ3) is 4.54. The Hall–Kier alpha value is -3.00. The van der Waals surface area contributed by atoms with Crippen molar-refractivity contribution in [3.8, 4) is 11.5 Å². The minimum absolute atomic E-state index is 0.132. The summed E-state index contributed by atoms with van der Waals surface area (Å²) in [7, 11) is 3.05. The minimum atomic E-state index is -0.705. The summed E-state index contributed by atoms with van der Waals surface area (Å²) < 4.78 is 16.9. The quantitative estimate of drug-likeness (QED) is 0.639. The van der Waals surface area contributed by atoms with Gasteiger partial charge < -0.3 is 24.8 Å². The van der Waals surface area contributed by atoms with Crippen molar-refractivity contribution in [3.05, 3.63) is 69.3 Å². The van der Waals surface area contributed by atoms with Gasteiger partial charge in [0, 0.05) is 5.70 Å². The highest BCUT2D eigenvalue weighted by Gasteiger charge is 2.33. The molecule has 0 saturated heterocycles. The molecule has 1 atom stereocenters. The molecule has 0 aliphatic carbocycles. The van der Waals surface area contributed by atoms with Crippen LogP contribution in [0.1, 0.15) is 24.1 Å². The van der Waals surface area contributed by atoms with Gasteiger partial charge in [0.05, 0.1) is 30.3 Å². The van der Waals surface area contributed by atoms with Crippen molar-refractivity contribution in [2.24, 2.45) is 0 Å². The molecule has 1 unspecified atom stereocenters. The van der Waals surface area contributed by atoms with Crippen LogP contribution in [0.25, 0.3) is 0 Å². The van der Waals surface area contributed by atoms with Crippen LogP contribution in [0.3, 0.4) is 0 Å². The molecule has 29 heavy (non-hydrogen) atoms. The average molecular weight is 461 g/mol. The molecule has 152 valence electrons. The monoisotopic (exact) mass is 460 g/mol. The maximum Gasteiger partial charge on any atom is 0.338 e. The number of hydrogen-bond donors (Lipinski definition) is 2. The lowest BCUT2D eigenvalue weighted by atomic mass is 9.95. The maximum absolute atomic E-state index is 12.9. The molecule has 1 aliphatic heterocycles. The molecule has 2 N–H and O–H groups in total. The Morgan fingerprint density at radius 1 is 1.14 bits per heavy atom. The summed E-state index contributed by atoms with van der Waals surface area (Å²) in [6.45, 7) is 1.80. The number of ether oxygens (including phenoxy) is 3. The number of halogens is 1. The second-order valence-corrected chi connectivity index (χ2v) is 7.22. The third-order valence-corrected chi connectivity index (χ3v) is 5.08. The van der Waals surface area contributed by atoms with Crippen LogP contribution in [0.4, 0.5) is 4.79 Å². The zero-order chi connectivity index (χ0) is 21.0. The zero-order valence-electron chi connectivity index (χ0n) is 16.2. The smallest absolute Gasteiger partial charge is 0.338 e. The lowest BCUT2D eigenvalue weighted by molar-refractivity contribution is -0.140. The highest BCUT2D eigenvalue weighted by Crippen LogP contribution is 2.40. The molecule has 2 aromatic rings. The van der Waals surface area contributed by atoms with E-state index in [2.05, 4.69) is 26.6 Å². The van der Waals surface area contributed by atoms with Crippen LogP contribution in [0.2, 0.25) is 0 Å². The highest BCUT2D eigenvalue weighted by molar-refractivity contribution is 9.10. The van der Waals surface area contributed by atoms with E-state index in [9.17, 15) is 9.59 Å². The molecule has 7 nitrogen and oxygen atoms in total. The molecule has 8 heteroatoms. The average Bonchev–Trinajstić information content (AvgIpc) is 2.71. The SMILES string of the molecule is COc1cc(C2NC(=O)NC(C)=C2C(=O)OCc2ccccc2)cc(Br)c1OC. The predicted octanol–water partition coefficient (Wildman–Crippen LogP) is 3.84. The lowest BCUT2D eigenvalue weighted by Crippen LogP contribution is -2.45. The van der Waals surface area contributed by atoms with Crippen molar-refractivity contribution in [2.75, 3.05) is 14.2 Å². The van der Waals surface area contributed by atoms with Gasteiger partial charge >= 0.3 is 12.0 Å². The topological polar surface area (TPSA) is 85.9 Å². The standard InChI is InChI=1S/C21H21BrN2O5/c1-12-17(20(25)29-11-13-7-5-4-6-8-13)18(24-21(26)23-12)14-9-15(22)19(28-3)16(10-14)27-2/h4-10,18H,11H2,1-3H3,(H2,23,24,26). The van der Waals surface area contributed by atoms with Crippen LogP contribution in [-0.4, -0.2) is 26.2 Å². The van der Waals surface area contributed by atoms with Gasteiger partial charge in [-0.1, -0.05) is 30.3 Å². The fraction of sp³-hybridized carbons (Fsp3) is 0.238. The fourth-order valence-corrected chi connectivity index (χ4v) is 3.74. The summed E-state index contributed by atoms with van der Waals surface area (Å²) >= 11 is 3.45. The van der Waals surface area contributed by atoms with Gasteiger partial charge in [0.1, 0.15) is 6.61 Å². The Morgan fingerprint density at radius 3 is 2.52 bits per heavy atom. The van der Waals surface area contributed by atoms with E-state index >= 15 is 0 Å². The number of carbonyl (C=O) groups is 2. The van der Waals surface area contributed by atoms with Crippen molar-refractivity contribution in [3.63, 3.8) is 0 Å². The molecule has 1 aliphatic rings. The Labute approximate surface area is 177 Å². The number of urea groups is 1. The van der Waals surface area contributed by atoms with E-state index in [1.807, 2.05) is 30.3 Å². The molecule has 0 bridgehead atoms. The largest absolute Gasteiger partial charge is 0.493 e. The lowest BCUT2D eigenvalue weighted by Gasteiger charge is -2.28. The molecule has 0 saturated carbocycles. The van der Waals surface area contributed by atoms with Crippen LogP contribution in [-0.2, 0) is 16.1 Å². The molecule has 2 aromatic carbocycles. The summed E-state index contributed by atoms with van der Waals surface area (Å²) in [5.74, 6) is 0.472. The molecule has 0 spiro atoms. The van der Waals surface area contributed by atoms with Crippen LogP contribution >= 0.6 is 15.9 Å². The van der Waals surface area contributed by atoms with Gasteiger partial charge in [-0.3, -0.25) is 0 Å². The third-order valence-electron chi connectivity index (χ3n) is 4.49. The van der Waals surface area contributed by atoms with Crippen molar-refractivity contribution < 1.29 is 23.8 Å². The summed E-state index contributed by atoms with van der Waals surface area (Å²) in [4.78, 5) is 25.0. The Kier molecular flexibility index (Phi) is 6.43. The molecule has 0 fully saturated rings. The molecular formula is C21H21BrN2O5. The van der Waals surface area contributed by atoms with Gasteiger partial charge in [0.15, 0.2) is 11.5 Å². The first-order chi connectivity index (χ1) is 13.9. The van der Waals surface area contributed by atoms with E-state index in [-0.39, 0.29) is 6.61 Å². The van der Waals surface area contributed by atoms with Crippen molar-refractivity contribution in [1.29, 1.82) is 0 Å². The zero-order valence-corrected chi connectivity index (χ0v) is 17.8. The first-order valence-electron chi connectivity index (χ1n) is 8.85. The number of carbonyl (C=O) groups excluding carboxylic acids is 2. The second-order valence-electron chi connectivity index (χ2n) is 6.37. The van der Waals surface area contributed by atoms with E-state index in [0.29, 0.717) is 32.8 Å². The number of nitrogens with one attached hydrogen (secondary N) is 2. The van der Waals surface area contributed by atoms with Crippen LogP contribution in [0.5, 0.6) is 11.5 Å².